The largest absolute Gasteiger partial charge is 0.492 e. The molecule has 0 aliphatic heterocycles. The molecule has 0 amide bonds. The number of hydrogen-bond donors (Lipinski definition) is 2. The second-order valence-corrected chi connectivity index (χ2v) is 3.33. The van der Waals surface area contributed by atoms with E-state index in [0.717, 1.165) is 6.42 Å². The van der Waals surface area contributed by atoms with E-state index in [1.165, 1.54) is 6.20 Å². The zero-order valence-corrected chi connectivity index (χ0v) is 6.86. The molecule has 4 nitrogen and oxygen atoms in total. The minimum atomic E-state index is -0.0981. The zero-order chi connectivity index (χ0) is 8.72. The maximum Gasteiger partial charge on any atom is 0.238 e. The highest BCUT2D eigenvalue weighted by atomic mass is 16.3. The van der Waals surface area contributed by atoms with Crippen molar-refractivity contribution in [3.63, 3.8) is 0 Å². The Morgan fingerprint density at radius 3 is 2.83 bits per heavy atom. The van der Waals surface area contributed by atoms with E-state index in [1.807, 2.05) is 0 Å². The summed E-state index contributed by atoms with van der Waals surface area (Å²) in [5, 5.41) is 9.19. The molecule has 1 saturated carbocycles. The molecule has 1 fully saturated rings. The van der Waals surface area contributed by atoms with Crippen LogP contribution in [0.15, 0.2) is 6.20 Å². The van der Waals surface area contributed by atoms with Crippen molar-refractivity contribution in [3.05, 3.63) is 12.0 Å². The highest BCUT2D eigenvalue weighted by Crippen LogP contribution is 2.45. The van der Waals surface area contributed by atoms with Crippen LogP contribution in [0.1, 0.15) is 25.1 Å². The van der Waals surface area contributed by atoms with Crippen molar-refractivity contribution in [1.82, 2.24) is 9.97 Å². The number of nitrogens with zero attached hydrogens (tertiary/aromatic N) is 2. The first-order chi connectivity index (χ1) is 5.68. The van der Waals surface area contributed by atoms with Gasteiger partial charge in [-0.15, -0.1) is 0 Å². The van der Waals surface area contributed by atoms with Gasteiger partial charge in [0.25, 0.3) is 0 Å². The smallest absolute Gasteiger partial charge is 0.238 e. The van der Waals surface area contributed by atoms with E-state index in [2.05, 4.69) is 16.9 Å². The third-order valence-corrected chi connectivity index (χ3v) is 2.26. The third kappa shape index (κ3) is 1.09. The topological polar surface area (TPSA) is 72.0 Å². The number of aromatic nitrogens is 2. The summed E-state index contributed by atoms with van der Waals surface area (Å²) in [6, 6.07) is 0. The van der Waals surface area contributed by atoms with Gasteiger partial charge in [-0.2, -0.15) is 4.98 Å². The molecule has 0 spiro atoms. The fourth-order valence-corrected chi connectivity index (χ4v) is 1.26. The minimum Gasteiger partial charge on any atom is -0.492 e. The van der Waals surface area contributed by atoms with Crippen LogP contribution in [0, 0.1) is 5.92 Å². The van der Waals surface area contributed by atoms with Gasteiger partial charge in [0.1, 0.15) is 11.5 Å². The van der Waals surface area contributed by atoms with Crippen molar-refractivity contribution in [1.29, 1.82) is 0 Å². The standard InChI is InChI=1S/C8H11N3O/c1-4-2-5(4)7-10-3-6(9)8(12)11-7/h3-5H,2,9H2,1H3,(H,10,11,12). The Hall–Kier alpha value is -1.32. The molecule has 12 heavy (non-hydrogen) atoms. The summed E-state index contributed by atoms with van der Waals surface area (Å²) in [5.41, 5.74) is 5.61. The normalized spacial score (nSPS) is 27.1. The van der Waals surface area contributed by atoms with E-state index in [4.69, 9.17) is 5.73 Å². The molecule has 64 valence electrons. The Morgan fingerprint density at radius 1 is 1.67 bits per heavy atom. The monoisotopic (exact) mass is 165 g/mol. The van der Waals surface area contributed by atoms with Crippen LogP contribution in [-0.2, 0) is 0 Å². The van der Waals surface area contributed by atoms with Gasteiger partial charge in [-0.1, -0.05) is 6.92 Å². The SMILES string of the molecule is CC1CC1c1ncc(N)c(O)n1. The predicted molar refractivity (Wildman–Crippen MR) is 44.6 cm³/mol. The first-order valence-electron chi connectivity index (χ1n) is 4.00. The van der Waals surface area contributed by atoms with Crippen LogP contribution >= 0.6 is 0 Å². The van der Waals surface area contributed by atoms with Gasteiger partial charge in [0.05, 0.1) is 6.20 Å². The minimum absolute atomic E-state index is 0.0981. The number of nitrogens with two attached hydrogens (primary N) is 1. The Morgan fingerprint density at radius 2 is 2.33 bits per heavy atom. The van der Waals surface area contributed by atoms with Crippen molar-refractivity contribution in [2.75, 3.05) is 5.73 Å². The average molecular weight is 165 g/mol. The van der Waals surface area contributed by atoms with Gasteiger partial charge in [0.15, 0.2) is 0 Å². The number of anilines is 1. The van der Waals surface area contributed by atoms with Crippen LogP contribution in [0.2, 0.25) is 0 Å². The molecule has 0 aromatic carbocycles. The first kappa shape index (κ1) is 7.34. The second-order valence-electron chi connectivity index (χ2n) is 3.33. The van der Waals surface area contributed by atoms with E-state index >= 15 is 0 Å². The van der Waals surface area contributed by atoms with Crippen LogP contribution in [0.5, 0.6) is 5.88 Å². The van der Waals surface area contributed by atoms with Crippen molar-refractivity contribution < 1.29 is 5.11 Å². The molecule has 0 radical (unpaired) electrons. The fraction of sp³-hybridized carbons (Fsp3) is 0.500. The predicted octanol–water partition coefficient (Wildman–Crippen LogP) is 0.888. The van der Waals surface area contributed by atoms with Crippen LogP contribution in [0.3, 0.4) is 0 Å². The quantitative estimate of drug-likeness (QED) is 0.648. The van der Waals surface area contributed by atoms with E-state index in [1.54, 1.807) is 0 Å². The Labute approximate surface area is 70.5 Å². The lowest BCUT2D eigenvalue weighted by atomic mass is 10.3. The van der Waals surface area contributed by atoms with Crippen LogP contribution in [0.4, 0.5) is 5.69 Å². The Kier molecular flexibility index (Phi) is 1.43. The highest BCUT2D eigenvalue weighted by Gasteiger charge is 2.36. The lowest BCUT2D eigenvalue weighted by Crippen LogP contribution is -1.96. The molecular formula is C8H11N3O. The summed E-state index contributed by atoms with van der Waals surface area (Å²) in [7, 11) is 0. The second kappa shape index (κ2) is 2.33. The maximum absolute atomic E-state index is 9.19. The summed E-state index contributed by atoms with van der Waals surface area (Å²) in [4.78, 5) is 7.96. The molecule has 1 aliphatic carbocycles. The molecule has 2 rings (SSSR count). The Balaban J connectivity index is 2.29. The summed E-state index contributed by atoms with van der Waals surface area (Å²) in [6.45, 7) is 2.14. The average Bonchev–Trinajstić information content (AvgIpc) is 2.73. The van der Waals surface area contributed by atoms with E-state index in [9.17, 15) is 5.11 Å². The van der Waals surface area contributed by atoms with Gasteiger partial charge >= 0.3 is 0 Å². The van der Waals surface area contributed by atoms with Gasteiger partial charge in [-0.3, -0.25) is 0 Å². The molecule has 4 heteroatoms. The van der Waals surface area contributed by atoms with E-state index in [-0.39, 0.29) is 11.6 Å². The fourth-order valence-electron chi connectivity index (χ4n) is 1.26. The molecule has 3 N–H and O–H groups in total. The van der Waals surface area contributed by atoms with E-state index < -0.39 is 0 Å². The van der Waals surface area contributed by atoms with Gasteiger partial charge < -0.3 is 10.8 Å². The summed E-state index contributed by atoms with van der Waals surface area (Å²) in [6.07, 6.45) is 2.58. The summed E-state index contributed by atoms with van der Waals surface area (Å²) >= 11 is 0. The molecule has 1 aromatic rings. The molecular weight excluding hydrogens is 154 g/mol. The lowest BCUT2D eigenvalue weighted by molar-refractivity contribution is 0.451. The number of rotatable bonds is 1. The van der Waals surface area contributed by atoms with Gasteiger partial charge in [-0.05, 0) is 12.3 Å². The Bertz CT molecular complexity index is 313. The number of nitrogen functional groups attached to an aromatic ring is 1. The molecule has 2 unspecified atom stereocenters. The van der Waals surface area contributed by atoms with E-state index in [0.29, 0.717) is 17.7 Å². The maximum atomic E-state index is 9.19. The van der Waals surface area contributed by atoms with Gasteiger partial charge in [0.2, 0.25) is 5.88 Å². The molecule has 2 atom stereocenters. The first-order valence-corrected chi connectivity index (χ1v) is 4.00. The molecule has 1 aromatic heterocycles. The molecule has 0 bridgehead atoms. The summed E-state index contributed by atoms with van der Waals surface area (Å²) in [5.74, 6) is 1.69. The van der Waals surface area contributed by atoms with Crippen LogP contribution < -0.4 is 5.73 Å². The third-order valence-electron chi connectivity index (χ3n) is 2.26. The number of aromatic hydroxyl groups is 1. The van der Waals surface area contributed by atoms with Crippen molar-refractivity contribution in [2.24, 2.45) is 5.92 Å². The molecule has 1 heterocycles. The zero-order valence-electron chi connectivity index (χ0n) is 6.86. The van der Waals surface area contributed by atoms with Crippen molar-refractivity contribution in [2.45, 2.75) is 19.3 Å². The van der Waals surface area contributed by atoms with Crippen LogP contribution in [0.25, 0.3) is 0 Å². The molecule has 1 aliphatic rings. The lowest BCUT2D eigenvalue weighted by Gasteiger charge is -1.99. The number of hydrogen-bond acceptors (Lipinski definition) is 4. The molecule has 0 saturated heterocycles. The summed E-state index contributed by atoms with van der Waals surface area (Å²) < 4.78 is 0. The van der Waals surface area contributed by atoms with Crippen LogP contribution in [-0.4, -0.2) is 15.1 Å². The van der Waals surface area contributed by atoms with Gasteiger partial charge in [-0.25, -0.2) is 4.98 Å². The highest BCUT2D eigenvalue weighted by molar-refractivity contribution is 5.44. The van der Waals surface area contributed by atoms with Gasteiger partial charge in [0, 0.05) is 5.92 Å². The van der Waals surface area contributed by atoms with Crippen molar-refractivity contribution in [3.8, 4) is 5.88 Å². The van der Waals surface area contributed by atoms with Crippen molar-refractivity contribution >= 4 is 5.69 Å².